The predicted molar refractivity (Wildman–Crippen MR) is 73.3 cm³/mol. The summed E-state index contributed by atoms with van der Waals surface area (Å²) in [6.07, 6.45) is 0. The van der Waals surface area contributed by atoms with Gasteiger partial charge in [0.1, 0.15) is 9.09 Å². The first-order valence-corrected chi connectivity index (χ1v) is 7.61. The van der Waals surface area contributed by atoms with Gasteiger partial charge < -0.3 is 5.11 Å². The van der Waals surface area contributed by atoms with Crippen molar-refractivity contribution in [2.45, 2.75) is 11.1 Å². The van der Waals surface area contributed by atoms with Crippen LogP contribution in [0.2, 0.25) is 0 Å². The molecule has 5 nitrogen and oxygen atoms in total. The first kappa shape index (κ1) is 13.6. The highest BCUT2D eigenvalue weighted by atomic mass is 32.2. The van der Waals surface area contributed by atoms with E-state index in [-0.39, 0.29) is 9.09 Å². The Kier molecular flexibility index (Phi) is 3.59. The van der Waals surface area contributed by atoms with Crippen molar-refractivity contribution in [2.24, 2.45) is 0 Å². The third kappa shape index (κ3) is 3.12. The lowest BCUT2D eigenvalue weighted by molar-refractivity contribution is 0.0702. The number of thiophene rings is 1. The largest absolute Gasteiger partial charge is 0.477 e. The third-order valence-corrected chi connectivity index (χ3v) is 5.27. The lowest BCUT2D eigenvalue weighted by Gasteiger charge is -2.06. The number of anilines is 1. The highest BCUT2D eigenvalue weighted by molar-refractivity contribution is 7.94. The van der Waals surface area contributed by atoms with Gasteiger partial charge in [-0.25, -0.2) is 13.2 Å². The van der Waals surface area contributed by atoms with Gasteiger partial charge in [-0.15, -0.1) is 11.3 Å². The molecule has 0 fully saturated rings. The normalized spacial score (nSPS) is 11.2. The molecule has 2 N–H and O–H groups in total. The van der Waals surface area contributed by atoms with Gasteiger partial charge in [0.2, 0.25) is 0 Å². The van der Waals surface area contributed by atoms with Gasteiger partial charge >= 0.3 is 5.97 Å². The lowest BCUT2D eigenvalue weighted by Crippen LogP contribution is -2.11. The minimum Gasteiger partial charge on any atom is -0.477 e. The van der Waals surface area contributed by atoms with E-state index < -0.39 is 16.0 Å². The second-order valence-electron chi connectivity index (χ2n) is 3.90. The van der Waals surface area contributed by atoms with Crippen molar-refractivity contribution >= 4 is 33.0 Å². The van der Waals surface area contributed by atoms with E-state index in [0.29, 0.717) is 5.69 Å². The van der Waals surface area contributed by atoms with Crippen molar-refractivity contribution in [3.05, 3.63) is 46.8 Å². The molecule has 0 spiro atoms. The summed E-state index contributed by atoms with van der Waals surface area (Å²) in [5.74, 6) is -1.14. The number of aromatic carboxylic acids is 1. The van der Waals surface area contributed by atoms with Crippen LogP contribution in [0.4, 0.5) is 5.69 Å². The zero-order chi connectivity index (χ0) is 14.0. The molecule has 2 rings (SSSR count). The summed E-state index contributed by atoms with van der Waals surface area (Å²) in [5.41, 5.74) is 1.38. The first-order chi connectivity index (χ1) is 8.88. The lowest BCUT2D eigenvalue weighted by atomic mass is 10.2. The minimum atomic E-state index is -3.74. The number of carbonyl (C=O) groups is 1. The maximum Gasteiger partial charge on any atom is 0.345 e. The molecule has 1 heterocycles. The number of carboxylic acid groups (broad SMARTS) is 1. The van der Waals surface area contributed by atoms with Crippen molar-refractivity contribution in [3.8, 4) is 0 Å². The van der Waals surface area contributed by atoms with Gasteiger partial charge in [0, 0.05) is 5.69 Å². The Balaban J connectivity index is 2.29. The summed E-state index contributed by atoms with van der Waals surface area (Å²) in [4.78, 5) is 10.7. The number of hydrogen-bond donors (Lipinski definition) is 2. The molecular weight excluding hydrogens is 286 g/mol. The van der Waals surface area contributed by atoms with Gasteiger partial charge in [-0.2, -0.15) is 0 Å². The van der Waals surface area contributed by atoms with Gasteiger partial charge in [0.05, 0.1) is 0 Å². The molecule has 0 bridgehead atoms. The average molecular weight is 297 g/mol. The molecule has 0 saturated heterocycles. The van der Waals surface area contributed by atoms with Crippen molar-refractivity contribution in [2.75, 3.05) is 4.72 Å². The fourth-order valence-corrected chi connectivity index (χ4v) is 3.69. The Morgan fingerprint density at radius 2 is 2.00 bits per heavy atom. The molecule has 0 aliphatic heterocycles. The monoisotopic (exact) mass is 297 g/mol. The van der Waals surface area contributed by atoms with E-state index in [1.165, 1.54) is 12.1 Å². The van der Waals surface area contributed by atoms with Crippen LogP contribution >= 0.6 is 11.3 Å². The topological polar surface area (TPSA) is 83.5 Å². The van der Waals surface area contributed by atoms with E-state index in [0.717, 1.165) is 16.9 Å². The summed E-state index contributed by atoms with van der Waals surface area (Å²) < 4.78 is 26.5. The number of carboxylic acids is 1. The number of sulfonamides is 1. The Bertz CT molecular complexity index is 719. The van der Waals surface area contributed by atoms with E-state index in [9.17, 15) is 13.2 Å². The van der Waals surface area contributed by atoms with Crippen LogP contribution in [-0.2, 0) is 10.0 Å². The zero-order valence-electron chi connectivity index (χ0n) is 9.95. The average Bonchev–Trinajstić information content (AvgIpc) is 2.78. The minimum absolute atomic E-state index is 0.00961. The number of benzene rings is 1. The SMILES string of the molecule is Cc1cccc(NS(=O)(=O)c2ccc(C(=O)O)s2)c1. The summed E-state index contributed by atoms with van der Waals surface area (Å²) in [7, 11) is -3.74. The van der Waals surface area contributed by atoms with E-state index in [1.807, 2.05) is 13.0 Å². The summed E-state index contributed by atoms with van der Waals surface area (Å²) in [5, 5.41) is 8.79. The van der Waals surface area contributed by atoms with Crippen molar-refractivity contribution < 1.29 is 18.3 Å². The molecule has 0 amide bonds. The summed E-state index contributed by atoms with van der Waals surface area (Å²) in [6.45, 7) is 1.85. The number of hydrogen-bond acceptors (Lipinski definition) is 4. The van der Waals surface area contributed by atoms with Crippen LogP contribution in [0, 0.1) is 6.92 Å². The fraction of sp³-hybridized carbons (Fsp3) is 0.0833. The van der Waals surface area contributed by atoms with Crippen molar-refractivity contribution in [1.29, 1.82) is 0 Å². The highest BCUT2D eigenvalue weighted by Crippen LogP contribution is 2.24. The van der Waals surface area contributed by atoms with Gasteiger partial charge in [0.15, 0.2) is 0 Å². The van der Waals surface area contributed by atoms with Crippen LogP contribution in [0.5, 0.6) is 0 Å². The highest BCUT2D eigenvalue weighted by Gasteiger charge is 2.19. The Labute approximate surface area is 114 Å². The third-order valence-electron chi connectivity index (χ3n) is 2.33. The number of aryl methyl sites for hydroxylation is 1. The Hall–Kier alpha value is -1.86. The Morgan fingerprint density at radius 3 is 2.58 bits per heavy atom. The molecule has 0 saturated carbocycles. The van der Waals surface area contributed by atoms with Crippen LogP contribution in [0.25, 0.3) is 0 Å². The van der Waals surface area contributed by atoms with Gasteiger partial charge in [-0.05, 0) is 36.8 Å². The fourth-order valence-electron chi connectivity index (χ4n) is 1.49. The smallest absolute Gasteiger partial charge is 0.345 e. The maximum absolute atomic E-state index is 12.1. The van der Waals surface area contributed by atoms with Crippen LogP contribution < -0.4 is 4.72 Å². The van der Waals surface area contributed by atoms with Crippen LogP contribution in [0.3, 0.4) is 0 Å². The van der Waals surface area contributed by atoms with E-state index >= 15 is 0 Å². The number of rotatable bonds is 4. The molecule has 0 radical (unpaired) electrons. The van der Waals surface area contributed by atoms with E-state index in [4.69, 9.17) is 5.11 Å². The summed E-state index contributed by atoms with van der Waals surface area (Å²) >= 11 is 0.721. The maximum atomic E-state index is 12.1. The zero-order valence-corrected chi connectivity index (χ0v) is 11.6. The van der Waals surface area contributed by atoms with Gasteiger partial charge in [-0.3, -0.25) is 4.72 Å². The van der Waals surface area contributed by atoms with Gasteiger partial charge in [0.25, 0.3) is 10.0 Å². The van der Waals surface area contributed by atoms with E-state index in [1.54, 1.807) is 18.2 Å². The molecule has 1 aromatic heterocycles. The molecule has 19 heavy (non-hydrogen) atoms. The molecule has 0 aliphatic carbocycles. The van der Waals surface area contributed by atoms with Crippen molar-refractivity contribution in [3.63, 3.8) is 0 Å². The predicted octanol–water partition coefficient (Wildman–Crippen LogP) is 2.56. The van der Waals surface area contributed by atoms with Crippen molar-refractivity contribution in [1.82, 2.24) is 0 Å². The van der Waals surface area contributed by atoms with Crippen LogP contribution in [0.1, 0.15) is 15.2 Å². The Morgan fingerprint density at radius 1 is 1.26 bits per heavy atom. The molecule has 0 atom stereocenters. The molecule has 7 heteroatoms. The quantitative estimate of drug-likeness (QED) is 0.908. The molecule has 0 unspecified atom stereocenters. The molecule has 2 aromatic rings. The number of nitrogens with one attached hydrogen (secondary N) is 1. The molecule has 100 valence electrons. The van der Waals surface area contributed by atoms with Crippen LogP contribution in [-0.4, -0.2) is 19.5 Å². The summed E-state index contributed by atoms with van der Waals surface area (Å²) in [6, 6.07) is 9.49. The molecular formula is C12H11NO4S2. The standard InChI is InChI=1S/C12H11NO4S2/c1-8-3-2-4-9(7-8)13-19(16,17)11-6-5-10(18-11)12(14)15/h2-7,13H,1H3,(H,14,15). The second-order valence-corrected chi connectivity index (χ2v) is 6.89. The van der Waals surface area contributed by atoms with Gasteiger partial charge in [-0.1, -0.05) is 12.1 Å². The first-order valence-electron chi connectivity index (χ1n) is 5.31. The van der Waals surface area contributed by atoms with E-state index in [2.05, 4.69) is 4.72 Å². The molecule has 0 aliphatic rings. The van der Waals surface area contributed by atoms with Crippen LogP contribution in [0.15, 0.2) is 40.6 Å². The molecule has 1 aromatic carbocycles. The second kappa shape index (κ2) is 5.02.